The molecule has 0 aliphatic rings. The Hall–Kier alpha value is -0.0400. The van der Waals surface area contributed by atoms with Crippen molar-refractivity contribution < 1.29 is 0 Å². The predicted molar refractivity (Wildman–Crippen MR) is 42.1 cm³/mol. The van der Waals surface area contributed by atoms with Crippen LogP contribution in [0.1, 0.15) is 27.2 Å². The second-order valence-corrected chi connectivity index (χ2v) is 2.89. The molecule has 1 nitrogen and oxygen atoms in total. The van der Waals surface area contributed by atoms with E-state index in [0.29, 0.717) is 5.92 Å². The van der Waals surface area contributed by atoms with Crippen LogP contribution < -0.4 is 0 Å². The van der Waals surface area contributed by atoms with Gasteiger partial charge in [-0.2, -0.15) is 12.3 Å². The van der Waals surface area contributed by atoms with E-state index in [4.69, 9.17) is 0 Å². The highest BCUT2D eigenvalue weighted by atomic mass is 15.1. The number of hydrogen-bond acceptors (Lipinski definition) is 1. The van der Waals surface area contributed by atoms with Gasteiger partial charge in [0.1, 0.15) is 0 Å². The van der Waals surface area contributed by atoms with Crippen molar-refractivity contribution in [3.05, 3.63) is 6.04 Å². The van der Waals surface area contributed by atoms with Gasteiger partial charge in [-0.15, -0.1) is 0 Å². The van der Waals surface area contributed by atoms with Gasteiger partial charge in [-0.1, -0.05) is 20.8 Å². The van der Waals surface area contributed by atoms with E-state index in [0.717, 1.165) is 0 Å². The Bertz CT molecular complexity index is 59.0. The highest BCUT2D eigenvalue weighted by Gasteiger charge is 1.96. The first-order valence-electron chi connectivity index (χ1n) is 3.62. The zero-order valence-electron chi connectivity index (χ0n) is 7.23. The van der Waals surface area contributed by atoms with Crippen LogP contribution in [0.2, 0.25) is 0 Å². The third-order valence-electron chi connectivity index (χ3n) is 1.60. The molecule has 0 fully saturated rings. The van der Waals surface area contributed by atoms with Gasteiger partial charge in [-0.25, -0.2) is 6.04 Å². The summed E-state index contributed by atoms with van der Waals surface area (Å²) >= 11 is 0. The van der Waals surface area contributed by atoms with Crippen molar-refractivity contribution in [3.8, 4) is 0 Å². The smallest absolute Gasteiger partial charge is 0.0423 e. The highest BCUT2D eigenvalue weighted by molar-refractivity contribution is 4.87. The zero-order valence-corrected chi connectivity index (χ0v) is 7.23. The minimum absolute atomic E-state index is 0.699. The van der Waals surface area contributed by atoms with E-state index in [1.54, 1.807) is 0 Å². The van der Waals surface area contributed by atoms with E-state index >= 15 is 0 Å². The third-order valence-corrected chi connectivity index (χ3v) is 1.60. The maximum Gasteiger partial charge on any atom is -0.0423 e. The van der Waals surface area contributed by atoms with Crippen molar-refractivity contribution in [2.45, 2.75) is 27.2 Å². The molecule has 9 heavy (non-hydrogen) atoms. The summed E-state index contributed by atoms with van der Waals surface area (Å²) in [6.45, 7) is 6.67. The standard InChI is InChI=1S/C8H18N/c1-6-8(7(2)3)9(4)5/h7H,6H2,1-5H3/q-1. The highest BCUT2D eigenvalue weighted by Crippen LogP contribution is 2.18. The Kier molecular flexibility index (Phi) is 3.87. The molecular formula is C8H18N-. The maximum absolute atomic E-state index is 2.23. The van der Waals surface area contributed by atoms with Crippen LogP contribution in [0.3, 0.4) is 0 Å². The molecule has 0 heterocycles. The third kappa shape index (κ3) is 2.85. The van der Waals surface area contributed by atoms with Crippen molar-refractivity contribution in [3.63, 3.8) is 0 Å². The van der Waals surface area contributed by atoms with Crippen LogP contribution >= 0.6 is 0 Å². The normalized spacial score (nSPS) is 12.0. The van der Waals surface area contributed by atoms with E-state index in [1.165, 1.54) is 12.5 Å². The summed E-state index contributed by atoms with van der Waals surface area (Å²) in [4.78, 5) is 2.21. The van der Waals surface area contributed by atoms with Crippen molar-refractivity contribution in [1.29, 1.82) is 0 Å². The quantitative estimate of drug-likeness (QED) is 0.526. The molecule has 0 aromatic carbocycles. The first-order chi connectivity index (χ1) is 4.09. The summed E-state index contributed by atoms with van der Waals surface area (Å²) in [5.74, 6) is 0.699. The van der Waals surface area contributed by atoms with Gasteiger partial charge in [-0.05, 0) is 14.1 Å². The van der Waals surface area contributed by atoms with Crippen molar-refractivity contribution in [2.75, 3.05) is 14.1 Å². The number of rotatable bonds is 3. The minimum atomic E-state index is 0.699. The summed E-state index contributed by atoms with van der Waals surface area (Å²) in [6.07, 6.45) is 1.17. The molecule has 0 aliphatic heterocycles. The number of nitrogens with zero attached hydrogens (tertiary/aromatic N) is 1. The van der Waals surface area contributed by atoms with Crippen molar-refractivity contribution in [2.24, 2.45) is 5.92 Å². The van der Waals surface area contributed by atoms with E-state index in [9.17, 15) is 0 Å². The predicted octanol–water partition coefficient (Wildman–Crippen LogP) is 2.15. The molecule has 0 amide bonds. The first-order valence-corrected chi connectivity index (χ1v) is 3.62. The molecule has 0 spiro atoms. The Labute approximate surface area is 59.1 Å². The second-order valence-electron chi connectivity index (χ2n) is 2.89. The van der Waals surface area contributed by atoms with Gasteiger partial charge in [0.05, 0.1) is 0 Å². The fraction of sp³-hybridized carbons (Fsp3) is 0.875. The Morgan fingerprint density at radius 3 is 1.78 bits per heavy atom. The van der Waals surface area contributed by atoms with Crippen LogP contribution in [0.15, 0.2) is 0 Å². The van der Waals surface area contributed by atoms with Crippen LogP contribution in [0.25, 0.3) is 0 Å². The first kappa shape index (κ1) is 8.96. The fourth-order valence-corrected chi connectivity index (χ4v) is 1.24. The Balaban J connectivity index is 3.68. The van der Waals surface area contributed by atoms with E-state index < -0.39 is 0 Å². The summed E-state index contributed by atoms with van der Waals surface area (Å²) in [6, 6.07) is 1.52. The topological polar surface area (TPSA) is 3.24 Å². The lowest BCUT2D eigenvalue weighted by atomic mass is 10.0. The van der Waals surface area contributed by atoms with Crippen LogP contribution in [0.4, 0.5) is 0 Å². The van der Waals surface area contributed by atoms with Crippen LogP contribution in [-0.4, -0.2) is 19.0 Å². The molecule has 0 unspecified atom stereocenters. The minimum Gasteiger partial charge on any atom is -0.458 e. The van der Waals surface area contributed by atoms with Gasteiger partial charge in [0, 0.05) is 0 Å². The van der Waals surface area contributed by atoms with E-state index in [-0.39, 0.29) is 0 Å². The summed E-state index contributed by atoms with van der Waals surface area (Å²) < 4.78 is 0. The summed E-state index contributed by atoms with van der Waals surface area (Å²) in [5, 5.41) is 0. The lowest BCUT2D eigenvalue weighted by Crippen LogP contribution is -2.23. The molecule has 0 radical (unpaired) electrons. The lowest BCUT2D eigenvalue weighted by Gasteiger charge is -2.41. The molecule has 0 bridgehead atoms. The SMILES string of the molecule is CC[C-](C(C)C)N(C)C. The molecule has 0 aliphatic carbocycles. The molecule has 0 atom stereocenters. The van der Waals surface area contributed by atoms with Crippen LogP contribution in [0, 0.1) is 12.0 Å². The van der Waals surface area contributed by atoms with Crippen LogP contribution in [0.5, 0.6) is 0 Å². The maximum atomic E-state index is 2.23. The second kappa shape index (κ2) is 3.89. The summed E-state index contributed by atoms with van der Waals surface area (Å²) in [7, 11) is 4.22. The van der Waals surface area contributed by atoms with E-state index in [2.05, 4.69) is 39.8 Å². The Morgan fingerprint density at radius 1 is 1.33 bits per heavy atom. The number of hydrogen-bond donors (Lipinski definition) is 0. The molecule has 0 aromatic heterocycles. The fourth-order valence-electron chi connectivity index (χ4n) is 1.24. The van der Waals surface area contributed by atoms with Gasteiger partial charge >= 0.3 is 0 Å². The Morgan fingerprint density at radius 2 is 1.78 bits per heavy atom. The van der Waals surface area contributed by atoms with Gasteiger partial charge < -0.3 is 4.90 Å². The largest absolute Gasteiger partial charge is 0.458 e. The molecule has 1 heteroatoms. The molecule has 56 valence electrons. The van der Waals surface area contributed by atoms with Gasteiger partial charge in [-0.3, -0.25) is 0 Å². The molecular weight excluding hydrogens is 110 g/mol. The molecule has 0 saturated heterocycles. The summed E-state index contributed by atoms with van der Waals surface area (Å²) in [5.41, 5.74) is 0. The van der Waals surface area contributed by atoms with Crippen molar-refractivity contribution >= 4 is 0 Å². The zero-order chi connectivity index (χ0) is 7.44. The van der Waals surface area contributed by atoms with Crippen LogP contribution in [-0.2, 0) is 0 Å². The average molecular weight is 128 g/mol. The lowest BCUT2D eigenvalue weighted by molar-refractivity contribution is 0.335. The molecule has 0 rings (SSSR count). The van der Waals surface area contributed by atoms with Gasteiger partial charge in [0.25, 0.3) is 0 Å². The van der Waals surface area contributed by atoms with E-state index in [1.807, 2.05) is 0 Å². The molecule has 0 N–H and O–H groups in total. The monoisotopic (exact) mass is 128 g/mol. The van der Waals surface area contributed by atoms with Gasteiger partial charge in [0.15, 0.2) is 0 Å². The molecule has 0 aromatic rings. The molecule has 0 saturated carbocycles. The van der Waals surface area contributed by atoms with Crippen molar-refractivity contribution in [1.82, 2.24) is 4.90 Å². The average Bonchev–Trinajstić information content (AvgIpc) is 1.64. The van der Waals surface area contributed by atoms with Gasteiger partial charge in [0.2, 0.25) is 0 Å².